The van der Waals surface area contributed by atoms with Gasteiger partial charge in [0.2, 0.25) is 18.2 Å². The van der Waals surface area contributed by atoms with E-state index in [1.807, 2.05) is 103 Å². The highest BCUT2D eigenvalue weighted by atomic mass is 31.2. The van der Waals surface area contributed by atoms with E-state index in [-0.39, 0.29) is 62.7 Å². The van der Waals surface area contributed by atoms with Gasteiger partial charge in [0.05, 0.1) is 36.4 Å². The van der Waals surface area contributed by atoms with Crippen LogP contribution in [0.2, 0.25) is 0 Å². The average molecular weight is 893 g/mol. The molecule has 0 saturated carbocycles. The topological polar surface area (TPSA) is 122 Å². The third kappa shape index (κ3) is 11.6. The molecule has 0 aromatic heterocycles. The van der Waals surface area contributed by atoms with Crippen molar-refractivity contribution in [2.24, 2.45) is 11.3 Å². The Morgan fingerprint density at radius 3 is 1.17 bits per heavy atom. The second-order valence-corrected chi connectivity index (χ2v) is 22.0. The molecule has 0 spiro atoms. The molecule has 5 aromatic rings. The molecule has 5 aromatic carbocycles. The van der Waals surface area contributed by atoms with Crippen LogP contribution in [0.1, 0.15) is 109 Å². The van der Waals surface area contributed by atoms with Crippen molar-refractivity contribution in [1.82, 2.24) is 0 Å². The van der Waals surface area contributed by atoms with E-state index in [0.717, 1.165) is 38.7 Å². The highest BCUT2D eigenvalue weighted by molar-refractivity contribution is 7.96. The molecular weight excluding hydrogens is 831 g/mol. The van der Waals surface area contributed by atoms with E-state index in [9.17, 15) is 23.7 Å². The molecule has 0 bridgehead atoms. The average Bonchev–Trinajstić information content (AvgIpc) is 3.21. The lowest BCUT2D eigenvalue weighted by Crippen LogP contribution is -2.21. The van der Waals surface area contributed by atoms with Gasteiger partial charge in [0, 0.05) is 17.3 Å². The number of rotatable bonds is 16. The molecular formula is C52H62O9P2. The standard InChI is InChI=1S/C26H35O7P.C26H27O2P/c1-17(15-26(2,3)4)16-34(29,24(27)22-18(30-5)11-9-12-19(22)31-6)25(28)23-20(32-7)13-10-14-21(23)33-8;1-16-12-18(3)23(19(4)13-16)25(27)29(22-10-8-7-9-11-22)26(28)24-20(5)14-17(2)15-21(24)6/h9-14,17H,15-16H2,1-8H3;7-15H,1-6H3. The lowest BCUT2D eigenvalue weighted by atomic mass is 9.86. The van der Waals surface area contributed by atoms with Gasteiger partial charge < -0.3 is 23.5 Å². The number of carbonyl (C=O) groups excluding carboxylic acids is 4. The molecule has 0 aliphatic rings. The summed E-state index contributed by atoms with van der Waals surface area (Å²) in [5.74, 6) is 0.571. The van der Waals surface area contributed by atoms with Crippen LogP contribution in [0.4, 0.5) is 0 Å². The first kappa shape index (κ1) is 50.3. The molecule has 11 heteroatoms. The predicted molar refractivity (Wildman–Crippen MR) is 256 cm³/mol. The first-order valence-corrected chi connectivity index (χ1v) is 24.1. The summed E-state index contributed by atoms with van der Waals surface area (Å²) in [4.78, 5) is 55.7. The van der Waals surface area contributed by atoms with Crippen molar-refractivity contribution in [3.05, 3.63) is 147 Å². The maximum atomic E-state index is 14.7. The van der Waals surface area contributed by atoms with Crippen LogP contribution >= 0.6 is 15.1 Å². The maximum Gasteiger partial charge on any atom is 0.236 e. The smallest absolute Gasteiger partial charge is 0.236 e. The zero-order valence-electron chi connectivity index (χ0n) is 39.2. The van der Waals surface area contributed by atoms with E-state index in [0.29, 0.717) is 17.5 Å². The third-order valence-corrected chi connectivity index (χ3v) is 15.6. The summed E-state index contributed by atoms with van der Waals surface area (Å²) in [6.45, 7) is 20.0. The van der Waals surface area contributed by atoms with E-state index < -0.39 is 26.1 Å². The molecule has 0 saturated heterocycles. The van der Waals surface area contributed by atoms with Gasteiger partial charge in [-0.15, -0.1) is 0 Å². The van der Waals surface area contributed by atoms with Crippen molar-refractivity contribution in [1.29, 1.82) is 0 Å². The van der Waals surface area contributed by atoms with Gasteiger partial charge >= 0.3 is 0 Å². The Bertz CT molecular complexity index is 2300. The molecule has 1 unspecified atom stereocenters. The van der Waals surface area contributed by atoms with Gasteiger partial charge in [-0.25, -0.2) is 0 Å². The first-order chi connectivity index (χ1) is 29.6. The first-order valence-electron chi connectivity index (χ1n) is 20.8. The Hall–Kier alpha value is -5.36. The zero-order valence-corrected chi connectivity index (χ0v) is 41.0. The van der Waals surface area contributed by atoms with Crippen molar-refractivity contribution < 1.29 is 42.7 Å². The summed E-state index contributed by atoms with van der Waals surface area (Å²) < 4.78 is 36.2. The van der Waals surface area contributed by atoms with E-state index in [4.69, 9.17) is 18.9 Å². The Labute approximate surface area is 375 Å². The van der Waals surface area contributed by atoms with E-state index >= 15 is 0 Å². The molecule has 1 atom stereocenters. The number of methoxy groups -OCH3 is 4. The molecule has 0 heterocycles. The molecule has 0 aliphatic carbocycles. The molecule has 0 fully saturated rings. The van der Waals surface area contributed by atoms with Gasteiger partial charge in [-0.1, -0.05) is 106 Å². The van der Waals surface area contributed by atoms with Gasteiger partial charge in [0.25, 0.3) is 0 Å². The Morgan fingerprint density at radius 2 is 0.873 bits per heavy atom. The van der Waals surface area contributed by atoms with Crippen molar-refractivity contribution in [3.8, 4) is 23.0 Å². The minimum atomic E-state index is -4.25. The molecule has 9 nitrogen and oxygen atoms in total. The minimum absolute atomic E-state index is 0.0130. The van der Waals surface area contributed by atoms with E-state index in [1.54, 1.807) is 36.4 Å². The number of carbonyl (C=O) groups is 4. The van der Waals surface area contributed by atoms with Crippen LogP contribution in [-0.2, 0) is 4.57 Å². The second-order valence-electron chi connectivity index (χ2n) is 17.3. The number of benzene rings is 5. The summed E-state index contributed by atoms with van der Waals surface area (Å²) in [6.07, 6.45) is 0.564. The van der Waals surface area contributed by atoms with Crippen molar-refractivity contribution in [3.63, 3.8) is 0 Å². The van der Waals surface area contributed by atoms with Crippen LogP contribution in [0.5, 0.6) is 23.0 Å². The normalized spacial score (nSPS) is 11.9. The summed E-state index contributed by atoms with van der Waals surface area (Å²) in [5.41, 5.74) is 5.49. The molecule has 0 aliphatic heterocycles. The summed E-state index contributed by atoms with van der Waals surface area (Å²) >= 11 is 0. The number of ether oxygens (including phenoxy) is 4. The van der Waals surface area contributed by atoms with Crippen LogP contribution in [0.3, 0.4) is 0 Å². The maximum absolute atomic E-state index is 14.7. The lowest BCUT2D eigenvalue weighted by Gasteiger charge is -2.27. The zero-order chi connectivity index (χ0) is 47.0. The summed E-state index contributed by atoms with van der Waals surface area (Å²) in [7, 11) is -0.312. The van der Waals surface area contributed by atoms with Crippen LogP contribution < -0.4 is 24.3 Å². The fourth-order valence-electron chi connectivity index (χ4n) is 8.45. The van der Waals surface area contributed by atoms with Crippen molar-refractivity contribution >= 4 is 42.5 Å². The predicted octanol–water partition coefficient (Wildman–Crippen LogP) is 12.5. The lowest BCUT2D eigenvalue weighted by molar-refractivity contribution is 0.102. The monoisotopic (exact) mass is 892 g/mol. The quantitative estimate of drug-likeness (QED) is 0.0891. The molecule has 0 N–H and O–H groups in total. The summed E-state index contributed by atoms with van der Waals surface area (Å²) in [6, 6.07) is 27.2. The van der Waals surface area contributed by atoms with Crippen LogP contribution in [0, 0.1) is 52.9 Å². The van der Waals surface area contributed by atoms with Gasteiger partial charge in [0.15, 0.2) is 11.0 Å². The Kier molecular flexibility index (Phi) is 17.0. The highest BCUT2D eigenvalue weighted by Gasteiger charge is 2.46. The van der Waals surface area contributed by atoms with Crippen LogP contribution in [0.25, 0.3) is 0 Å². The third-order valence-electron chi connectivity index (χ3n) is 10.7. The van der Waals surface area contributed by atoms with Crippen molar-refractivity contribution in [2.45, 2.75) is 75.7 Å². The van der Waals surface area contributed by atoms with E-state index in [1.165, 1.54) is 28.4 Å². The minimum Gasteiger partial charge on any atom is -0.496 e. The number of hydrogen-bond acceptors (Lipinski definition) is 9. The van der Waals surface area contributed by atoms with Gasteiger partial charge in [0.1, 0.15) is 34.1 Å². The van der Waals surface area contributed by atoms with E-state index in [2.05, 4.69) is 20.8 Å². The Balaban J connectivity index is 0.000000280. The second kappa shape index (κ2) is 21.3. The Morgan fingerprint density at radius 1 is 0.540 bits per heavy atom. The fraction of sp³-hybridized carbons (Fsp3) is 0.346. The SMILES string of the molecule is COc1cccc(OC)c1C(=O)P(=O)(CC(C)CC(C)(C)C)C(=O)c1c(OC)cccc1OC.Cc1cc(C)c(C(=O)P(C(=O)c2c(C)cc(C)cc2C)c2ccccc2)c(C)c1. The highest BCUT2D eigenvalue weighted by Crippen LogP contribution is 2.58. The van der Waals surface area contributed by atoms with Crippen LogP contribution in [-0.4, -0.2) is 56.7 Å². The van der Waals surface area contributed by atoms with Crippen LogP contribution in [0.15, 0.2) is 91.0 Å². The largest absolute Gasteiger partial charge is 0.496 e. The molecule has 5 rings (SSSR count). The van der Waals surface area contributed by atoms with Crippen molar-refractivity contribution in [2.75, 3.05) is 34.6 Å². The molecule has 334 valence electrons. The summed E-state index contributed by atoms with van der Waals surface area (Å²) in [5, 5.41) is 0.802. The number of aryl methyl sites for hydroxylation is 6. The molecule has 0 radical (unpaired) electrons. The van der Waals surface area contributed by atoms with Gasteiger partial charge in [-0.2, -0.15) is 0 Å². The number of hydrogen-bond donors (Lipinski definition) is 0. The fourth-order valence-corrected chi connectivity index (χ4v) is 13.4. The molecule has 63 heavy (non-hydrogen) atoms. The molecule has 0 amide bonds. The van der Waals surface area contributed by atoms with Gasteiger partial charge in [-0.3, -0.25) is 19.2 Å². The van der Waals surface area contributed by atoms with Gasteiger partial charge in [-0.05, 0) is 111 Å².